The van der Waals surface area contributed by atoms with E-state index in [0.29, 0.717) is 12.2 Å². The van der Waals surface area contributed by atoms with Gasteiger partial charge in [-0.3, -0.25) is 19.1 Å². The molecule has 8 nitrogen and oxygen atoms in total. The highest BCUT2D eigenvalue weighted by atomic mass is 16.2. The highest BCUT2D eigenvalue weighted by Crippen LogP contribution is 2.29. The molecule has 4 rings (SSSR count). The fourth-order valence-corrected chi connectivity index (χ4v) is 5.34. The van der Waals surface area contributed by atoms with Gasteiger partial charge in [0.1, 0.15) is 11.2 Å². The molecule has 176 valence electrons. The van der Waals surface area contributed by atoms with E-state index in [1.807, 2.05) is 6.92 Å². The third-order valence-electron chi connectivity index (χ3n) is 7.39. The van der Waals surface area contributed by atoms with E-state index < -0.39 is 5.54 Å². The smallest absolute Gasteiger partial charge is 0.273 e. The number of fused-ring (bicyclic) bond motifs is 1. The predicted octanol–water partition coefficient (Wildman–Crippen LogP) is 3.02. The summed E-state index contributed by atoms with van der Waals surface area (Å²) in [4.78, 5) is 41.4. The highest BCUT2D eigenvalue weighted by molar-refractivity contribution is 6.02. The standard InChI is InChI=1S/C24H37N5O3/c1-3-4-14-28-22(31)20-15-19(21(30)25-17-10-6-5-7-11-17)27-29(20)16-24(28,2)23(32)26-18-12-8-9-13-18/h15,17-18H,3-14,16H2,1-2H3,(H,25,30)(H,26,32)/t24-/m0/s1. The van der Waals surface area contributed by atoms with Gasteiger partial charge >= 0.3 is 0 Å². The van der Waals surface area contributed by atoms with Gasteiger partial charge in [0.15, 0.2) is 5.69 Å². The third kappa shape index (κ3) is 4.55. The van der Waals surface area contributed by atoms with Gasteiger partial charge in [0, 0.05) is 24.7 Å². The van der Waals surface area contributed by atoms with Crippen molar-refractivity contribution in [3.63, 3.8) is 0 Å². The third-order valence-corrected chi connectivity index (χ3v) is 7.39. The Kier molecular flexibility index (Phi) is 6.86. The SMILES string of the molecule is CCCCN1C(=O)c2cc(C(=O)NC3CCCCC3)nn2C[C@@]1(C)C(=O)NC1CCCC1. The van der Waals surface area contributed by atoms with Crippen molar-refractivity contribution < 1.29 is 14.4 Å². The highest BCUT2D eigenvalue weighted by Gasteiger charge is 2.48. The minimum Gasteiger partial charge on any atom is -0.351 e. The van der Waals surface area contributed by atoms with E-state index in [2.05, 4.69) is 22.7 Å². The Labute approximate surface area is 190 Å². The molecule has 2 saturated carbocycles. The topological polar surface area (TPSA) is 96.3 Å². The zero-order valence-electron chi connectivity index (χ0n) is 19.5. The second kappa shape index (κ2) is 9.63. The average Bonchev–Trinajstić information content (AvgIpc) is 3.44. The van der Waals surface area contributed by atoms with E-state index >= 15 is 0 Å². The largest absolute Gasteiger partial charge is 0.351 e. The Bertz CT molecular complexity index is 854. The van der Waals surface area contributed by atoms with E-state index in [-0.39, 0.29) is 42.0 Å². The number of nitrogens with one attached hydrogen (secondary N) is 2. The van der Waals surface area contributed by atoms with Gasteiger partial charge in [-0.05, 0) is 39.0 Å². The lowest BCUT2D eigenvalue weighted by atomic mass is 9.94. The molecule has 2 aliphatic carbocycles. The van der Waals surface area contributed by atoms with Crippen molar-refractivity contribution in [2.45, 2.75) is 109 Å². The zero-order valence-corrected chi connectivity index (χ0v) is 19.5. The van der Waals surface area contributed by atoms with Gasteiger partial charge in [-0.2, -0.15) is 5.10 Å². The van der Waals surface area contributed by atoms with Crippen LogP contribution in [0.4, 0.5) is 0 Å². The first-order valence-electron chi connectivity index (χ1n) is 12.4. The molecule has 0 radical (unpaired) electrons. The van der Waals surface area contributed by atoms with Crippen LogP contribution in [0, 0.1) is 0 Å². The van der Waals surface area contributed by atoms with Gasteiger partial charge < -0.3 is 15.5 Å². The van der Waals surface area contributed by atoms with Gasteiger partial charge in [-0.1, -0.05) is 45.4 Å². The van der Waals surface area contributed by atoms with E-state index in [1.165, 1.54) is 6.42 Å². The van der Waals surface area contributed by atoms with Crippen molar-refractivity contribution in [3.8, 4) is 0 Å². The van der Waals surface area contributed by atoms with Crippen molar-refractivity contribution in [1.82, 2.24) is 25.3 Å². The predicted molar refractivity (Wildman–Crippen MR) is 121 cm³/mol. The van der Waals surface area contributed by atoms with Crippen molar-refractivity contribution in [2.24, 2.45) is 0 Å². The molecular formula is C24H37N5O3. The van der Waals surface area contributed by atoms with Crippen molar-refractivity contribution in [1.29, 1.82) is 0 Å². The number of amides is 3. The van der Waals surface area contributed by atoms with E-state index in [9.17, 15) is 14.4 Å². The molecule has 3 amide bonds. The summed E-state index contributed by atoms with van der Waals surface area (Å²) in [6.45, 7) is 4.67. The first kappa shape index (κ1) is 22.8. The van der Waals surface area contributed by atoms with Gasteiger partial charge in [0.2, 0.25) is 5.91 Å². The fourth-order valence-electron chi connectivity index (χ4n) is 5.34. The number of unbranched alkanes of at least 4 members (excludes halogenated alkanes) is 1. The van der Waals surface area contributed by atoms with Crippen molar-refractivity contribution in [3.05, 3.63) is 17.5 Å². The molecular weight excluding hydrogens is 406 g/mol. The Balaban J connectivity index is 1.56. The number of carbonyl (C=O) groups excluding carboxylic acids is 3. The lowest BCUT2D eigenvalue weighted by Gasteiger charge is -2.43. The van der Waals surface area contributed by atoms with E-state index in [1.54, 1.807) is 15.6 Å². The Morgan fingerprint density at radius 1 is 1.06 bits per heavy atom. The minimum atomic E-state index is -1.02. The maximum Gasteiger partial charge on any atom is 0.273 e. The minimum absolute atomic E-state index is 0.122. The van der Waals surface area contributed by atoms with Crippen LogP contribution in [0.3, 0.4) is 0 Å². The second-order valence-corrected chi connectivity index (χ2v) is 9.92. The maximum atomic E-state index is 13.5. The molecule has 0 bridgehead atoms. The molecule has 2 heterocycles. The van der Waals surface area contributed by atoms with Crippen LogP contribution >= 0.6 is 0 Å². The molecule has 0 unspecified atom stereocenters. The Morgan fingerprint density at radius 2 is 1.69 bits per heavy atom. The molecule has 3 aliphatic rings. The molecule has 0 saturated heterocycles. The molecule has 0 spiro atoms. The molecule has 2 N–H and O–H groups in total. The summed E-state index contributed by atoms with van der Waals surface area (Å²) in [6.07, 6.45) is 11.4. The zero-order chi connectivity index (χ0) is 22.7. The normalized spacial score (nSPS) is 24.4. The molecule has 1 aliphatic heterocycles. The summed E-state index contributed by atoms with van der Waals surface area (Å²) in [5.41, 5.74) is -0.374. The monoisotopic (exact) mass is 443 g/mol. The maximum absolute atomic E-state index is 13.5. The molecule has 1 aromatic heterocycles. The first-order chi connectivity index (χ1) is 15.4. The Hall–Kier alpha value is -2.38. The second-order valence-electron chi connectivity index (χ2n) is 9.92. The molecule has 2 fully saturated rings. The summed E-state index contributed by atoms with van der Waals surface area (Å²) in [5.74, 6) is -0.579. The summed E-state index contributed by atoms with van der Waals surface area (Å²) >= 11 is 0. The van der Waals surface area contributed by atoms with Crippen LogP contribution in [0.2, 0.25) is 0 Å². The van der Waals surface area contributed by atoms with E-state index in [4.69, 9.17) is 0 Å². The Morgan fingerprint density at radius 3 is 2.34 bits per heavy atom. The van der Waals surface area contributed by atoms with Crippen LogP contribution in [0.15, 0.2) is 6.07 Å². The molecule has 1 atom stereocenters. The van der Waals surface area contributed by atoms with Gasteiger partial charge in [0.05, 0.1) is 6.54 Å². The average molecular weight is 444 g/mol. The number of nitrogens with zero attached hydrogens (tertiary/aromatic N) is 3. The summed E-state index contributed by atoms with van der Waals surface area (Å²) in [7, 11) is 0. The summed E-state index contributed by atoms with van der Waals surface area (Å²) in [5, 5.41) is 10.7. The number of aromatic nitrogens is 2. The quantitative estimate of drug-likeness (QED) is 0.677. The fraction of sp³-hybridized carbons (Fsp3) is 0.750. The van der Waals surface area contributed by atoms with Crippen LogP contribution in [0.1, 0.15) is 105 Å². The van der Waals surface area contributed by atoms with Crippen LogP contribution in [0.5, 0.6) is 0 Å². The van der Waals surface area contributed by atoms with E-state index in [0.717, 1.165) is 64.2 Å². The summed E-state index contributed by atoms with van der Waals surface area (Å²) in [6, 6.07) is 1.95. The molecule has 1 aromatic rings. The van der Waals surface area contributed by atoms with Crippen LogP contribution in [0.25, 0.3) is 0 Å². The number of hydrogen-bond donors (Lipinski definition) is 2. The molecule has 8 heteroatoms. The van der Waals surface area contributed by atoms with Crippen LogP contribution in [-0.4, -0.2) is 56.6 Å². The lowest BCUT2D eigenvalue weighted by molar-refractivity contribution is -0.133. The number of carbonyl (C=O) groups is 3. The van der Waals surface area contributed by atoms with Crippen molar-refractivity contribution in [2.75, 3.05) is 6.54 Å². The number of hydrogen-bond acceptors (Lipinski definition) is 4. The number of rotatable bonds is 7. The van der Waals surface area contributed by atoms with Gasteiger partial charge in [0.25, 0.3) is 11.8 Å². The first-order valence-corrected chi connectivity index (χ1v) is 12.4. The van der Waals surface area contributed by atoms with Crippen LogP contribution in [-0.2, 0) is 11.3 Å². The summed E-state index contributed by atoms with van der Waals surface area (Å²) < 4.78 is 1.56. The van der Waals surface area contributed by atoms with Crippen LogP contribution < -0.4 is 10.6 Å². The van der Waals surface area contributed by atoms with Crippen molar-refractivity contribution >= 4 is 17.7 Å². The van der Waals surface area contributed by atoms with Gasteiger partial charge in [-0.15, -0.1) is 0 Å². The lowest BCUT2D eigenvalue weighted by Crippen LogP contribution is -2.65. The molecule has 0 aromatic carbocycles. The van der Waals surface area contributed by atoms with Gasteiger partial charge in [-0.25, -0.2) is 0 Å². The molecule has 32 heavy (non-hydrogen) atoms.